The molecule has 4 rings (SSSR count). The Morgan fingerprint density at radius 2 is 1.66 bits per heavy atom. The van der Waals surface area contributed by atoms with Gasteiger partial charge < -0.3 is 10.0 Å². The summed E-state index contributed by atoms with van der Waals surface area (Å²) in [5, 5.41) is 10.0. The molecule has 1 heterocycles. The summed E-state index contributed by atoms with van der Waals surface area (Å²) in [6.07, 6.45) is 4.18. The molecule has 5 nitrogen and oxygen atoms in total. The van der Waals surface area contributed by atoms with E-state index in [2.05, 4.69) is 34.6 Å². The van der Waals surface area contributed by atoms with Crippen LogP contribution in [0.2, 0.25) is 10.0 Å². The number of carbonyl (C=O) groups excluding carboxylic acids is 1. The molecular formula is C31H38Cl2N2O3. The van der Waals surface area contributed by atoms with Crippen molar-refractivity contribution in [1.82, 2.24) is 4.90 Å². The Balaban J connectivity index is 1.75. The number of aryl methyl sites for hydroxylation is 1. The lowest BCUT2D eigenvalue weighted by atomic mass is 9.69. The van der Waals surface area contributed by atoms with Crippen molar-refractivity contribution < 1.29 is 14.7 Å². The largest absolute Gasteiger partial charge is 0.481 e. The molecule has 2 aromatic rings. The maximum atomic E-state index is 14.3. The number of hydrogen-bond donors (Lipinski definition) is 1. The van der Waals surface area contributed by atoms with E-state index in [1.807, 2.05) is 29.2 Å². The third-order valence-corrected chi connectivity index (χ3v) is 8.63. The van der Waals surface area contributed by atoms with Gasteiger partial charge in [-0.2, -0.15) is 0 Å². The van der Waals surface area contributed by atoms with E-state index in [0.717, 1.165) is 36.8 Å². The third-order valence-electron chi connectivity index (χ3n) is 8.20. The fraction of sp³-hybridized carbons (Fsp3) is 0.516. The maximum Gasteiger partial charge on any atom is 0.303 e. The minimum absolute atomic E-state index is 0.0915. The van der Waals surface area contributed by atoms with Gasteiger partial charge in [-0.3, -0.25) is 14.6 Å². The van der Waals surface area contributed by atoms with E-state index in [1.54, 1.807) is 18.2 Å². The van der Waals surface area contributed by atoms with Gasteiger partial charge in [-0.05, 0) is 78.7 Å². The van der Waals surface area contributed by atoms with Crippen LogP contribution in [-0.4, -0.2) is 33.3 Å². The fourth-order valence-corrected chi connectivity index (χ4v) is 6.67. The molecule has 1 fully saturated rings. The summed E-state index contributed by atoms with van der Waals surface area (Å²) in [6.45, 7) is 11.1. The monoisotopic (exact) mass is 556 g/mol. The molecule has 0 saturated heterocycles. The Morgan fingerprint density at radius 3 is 2.16 bits per heavy atom. The Bertz CT molecular complexity index is 1200. The van der Waals surface area contributed by atoms with Crippen LogP contribution >= 0.6 is 23.2 Å². The van der Waals surface area contributed by atoms with Crippen LogP contribution in [-0.2, 0) is 16.0 Å². The molecule has 0 bridgehead atoms. The number of carbonyl (C=O) groups is 2. The number of halogens is 2. The molecule has 1 atom stereocenters. The number of nitrogens with zero attached hydrogens (tertiary/aromatic N) is 2. The molecule has 1 saturated carbocycles. The quantitative estimate of drug-likeness (QED) is 0.375. The van der Waals surface area contributed by atoms with Gasteiger partial charge in [0, 0.05) is 22.0 Å². The highest BCUT2D eigenvalue weighted by molar-refractivity contribution is 6.47. The van der Waals surface area contributed by atoms with Crippen LogP contribution in [0, 0.1) is 17.3 Å². The first kappa shape index (κ1) is 28.6. The van der Waals surface area contributed by atoms with Gasteiger partial charge in [0.2, 0.25) is 0 Å². The Kier molecular flexibility index (Phi) is 8.30. The van der Waals surface area contributed by atoms with Crippen molar-refractivity contribution in [3.8, 4) is 0 Å². The summed E-state index contributed by atoms with van der Waals surface area (Å²) < 4.78 is 0. The van der Waals surface area contributed by atoms with Gasteiger partial charge in [-0.1, -0.05) is 82.1 Å². The molecule has 1 unspecified atom stereocenters. The smallest absolute Gasteiger partial charge is 0.303 e. The van der Waals surface area contributed by atoms with Crippen molar-refractivity contribution >= 4 is 40.8 Å². The molecule has 38 heavy (non-hydrogen) atoms. The highest BCUT2D eigenvalue weighted by atomic mass is 35.5. The van der Waals surface area contributed by atoms with Crippen LogP contribution in [0.5, 0.6) is 0 Å². The van der Waals surface area contributed by atoms with Gasteiger partial charge in [-0.25, -0.2) is 0 Å². The molecule has 1 spiro atoms. The van der Waals surface area contributed by atoms with Crippen molar-refractivity contribution in [3.63, 3.8) is 0 Å². The molecule has 2 aromatic carbocycles. The molecule has 204 valence electrons. The van der Waals surface area contributed by atoms with Crippen LogP contribution in [0.3, 0.4) is 0 Å². The summed E-state index contributed by atoms with van der Waals surface area (Å²) >= 11 is 12.7. The molecule has 1 amide bonds. The standard InChI is InChI=1S/C31H38Cl2N2O3/c1-19(2)28(21-9-6-20(7-10-21)8-11-26(36)37)35-29(38)27(22-16-24(32)18-25(33)17-22)34-31(35)14-12-23(13-15-31)30(3,4)5/h6-7,9-10,16-19,23,28H,8,11-15H2,1-5H3,(H,36,37). The van der Waals surface area contributed by atoms with Crippen molar-refractivity contribution in [1.29, 1.82) is 0 Å². The van der Waals surface area contributed by atoms with Crippen LogP contribution in [0.25, 0.3) is 0 Å². The number of benzene rings is 2. The van der Waals surface area contributed by atoms with Crippen molar-refractivity contribution in [2.24, 2.45) is 22.2 Å². The predicted octanol–water partition coefficient (Wildman–Crippen LogP) is 7.97. The number of hydrogen-bond acceptors (Lipinski definition) is 3. The highest BCUT2D eigenvalue weighted by Gasteiger charge is 2.53. The SMILES string of the molecule is CC(C)C(c1ccc(CCC(=O)O)cc1)N1C(=O)C(c2cc(Cl)cc(Cl)c2)=NC12CCC(C(C)(C)C)CC2. The number of aliphatic imine (C=N–C) groups is 1. The second-order valence-electron chi connectivity index (χ2n) is 12.2. The average molecular weight is 558 g/mol. The van der Waals surface area contributed by atoms with Gasteiger partial charge in [0.05, 0.1) is 6.04 Å². The average Bonchev–Trinajstić information content (AvgIpc) is 3.09. The minimum atomic E-state index is -0.810. The van der Waals surface area contributed by atoms with Crippen LogP contribution in [0.15, 0.2) is 47.5 Å². The van der Waals surface area contributed by atoms with Crippen molar-refractivity contribution in [2.45, 2.75) is 84.8 Å². The van der Waals surface area contributed by atoms with Crippen molar-refractivity contribution in [3.05, 3.63) is 69.2 Å². The zero-order valence-electron chi connectivity index (χ0n) is 22.9. The third kappa shape index (κ3) is 5.94. The van der Waals surface area contributed by atoms with E-state index >= 15 is 0 Å². The number of amides is 1. The van der Waals surface area contributed by atoms with E-state index in [1.165, 1.54) is 0 Å². The van der Waals surface area contributed by atoms with Gasteiger partial charge in [-0.15, -0.1) is 0 Å². The zero-order valence-corrected chi connectivity index (χ0v) is 24.4. The van der Waals surface area contributed by atoms with Crippen LogP contribution < -0.4 is 0 Å². The Morgan fingerprint density at radius 1 is 1.08 bits per heavy atom. The number of carboxylic acids is 1. The van der Waals surface area contributed by atoms with E-state index in [4.69, 9.17) is 33.3 Å². The molecule has 1 aliphatic carbocycles. The summed E-state index contributed by atoms with van der Waals surface area (Å²) in [6, 6.07) is 13.1. The molecule has 0 radical (unpaired) electrons. The maximum absolute atomic E-state index is 14.3. The summed E-state index contributed by atoms with van der Waals surface area (Å²) in [7, 11) is 0. The Labute approximate surface area is 236 Å². The number of carboxylic acid groups (broad SMARTS) is 1. The summed E-state index contributed by atoms with van der Waals surface area (Å²) in [4.78, 5) is 32.6. The molecule has 2 aliphatic rings. The molecule has 7 heteroatoms. The van der Waals surface area contributed by atoms with E-state index < -0.39 is 11.6 Å². The van der Waals surface area contributed by atoms with E-state index in [-0.39, 0.29) is 29.7 Å². The molecule has 1 N–H and O–H groups in total. The summed E-state index contributed by atoms with van der Waals surface area (Å²) in [5.74, 6) is -0.198. The van der Waals surface area contributed by atoms with Gasteiger partial charge in [0.25, 0.3) is 5.91 Å². The first-order valence-corrected chi connectivity index (χ1v) is 14.3. The Hall–Kier alpha value is -2.37. The zero-order chi connectivity index (χ0) is 27.8. The van der Waals surface area contributed by atoms with Crippen molar-refractivity contribution in [2.75, 3.05) is 0 Å². The van der Waals surface area contributed by atoms with Gasteiger partial charge >= 0.3 is 5.97 Å². The van der Waals surface area contributed by atoms with Crippen LogP contribution in [0.4, 0.5) is 0 Å². The first-order valence-electron chi connectivity index (χ1n) is 13.5. The molecule has 0 aromatic heterocycles. The number of aliphatic carboxylic acids is 1. The normalized spacial score (nSPS) is 22.7. The second-order valence-corrected chi connectivity index (χ2v) is 13.1. The molecule has 1 aliphatic heterocycles. The minimum Gasteiger partial charge on any atom is -0.481 e. The highest BCUT2D eigenvalue weighted by Crippen LogP contribution is 2.50. The lowest BCUT2D eigenvalue weighted by molar-refractivity contribution is -0.137. The van der Waals surface area contributed by atoms with E-state index in [0.29, 0.717) is 33.7 Å². The van der Waals surface area contributed by atoms with Gasteiger partial charge in [0.15, 0.2) is 0 Å². The number of rotatable bonds is 7. The molecular weight excluding hydrogens is 519 g/mol. The first-order chi connectivity index (χ1) is 17.8. The summed E-state index contributed by atoms with van der Waals surface area (Å²) in [5.41, 5.74) is 2.65. The van der Waals surface area contributed by atoms with Crippen LogP contribution in [0.1, 0.15) is 89.5 Å². The lowest BCUT2D eigenvalue weighted by Crippen LogP contribution is -2.52. The topological polar surface area (TPSA) is 70.0 Å². The fourth-order valence-electron chi connectivity index (χ4n) is 6.14. The second kappa shape index (κ2) is 11.0. The lowest BCUT2D eigenvalue weighted by Gasteiger charge is -2.48. The van der Waals surface area contributed by atoms with Gasteiger partial charge in [0.1, 0.15) is 11.4 Å². The predicted molar refractivity (Wildman–Crippen MR) is 154 cm³/mol. The van der Waals surface area contributed by atoms with E-state index in [9.17, 15) is 9.59 Å².